The third-order valence-electron chi connectivity index (χ3n) is 3.54. The summed E-state index contributed by atoms with van der Waals surface area (Å²) >= 11 is 0. The van der Waals surface area contributed by atoms with E-state index < -0.39 is 0 Å². The zero-order valence-electron chi connectivity index (χ0n) is 14.6. The van der Waals surface area contributed by atoms with Gasteiger partial charge in [0.15, 0.2) is 0 Å². The van der Waals surface area contributed by atoms with Crippen LogP contribution >= 0.6 is 0 Å². The number of anilines is 3. The zero-order chi connectivity index (χ0) is 19.1. The van der Waals surface area contributed by atoms with E-state index in [0.29, 0.717) is 23.7 Å². The van der Waals surface area contributed by atoms with Gasteiger partial charge in [-0.2, -0.15) is 0 Å². The van der Waals surface area contributed by atoms with Gasteiger partial charge in [-0.1, -0.05) is 6.07 Å². The van der Waals surface area contributed by atoms with Crippen LogP contribution in [-0.2, 0) is 11.3 Å². The van der Waals surface area contributed by atoms with Gasteiger partial charge in [0.05, 0.1) is 12.4 Å². The first kappa shape index (κ1) is 18.0. The molecule has 8 nitrogen and oxygen atoms in total. The van der Waals surface area contributed by atoms with Crippen LogP contribution in [0.2, 0.25) is 0 Å². The van der Waals surface area contributed by atoms with Gasteiger partial charge in [0.2, 0.25) is 5.91 Å². The average Bonchev–Trinajstić information content (AvgIpc) is 2.69. The standard InChI is InChI=1S/C19H18N6O2/c1-13(26)24-15-4-6-16(7-5-15)25-19(27)17-11-23-18(12-21-17)22-10-14-3-2-8-20-9-14/h2-9,11-12H,10H2,1H3,(H,22,23)(H,24,26)(H,25,27). The summed E-state index contributed by atoms with van der Waals surface area (Å²) in [5.74, 6) is 0.0444. The van der Waals surface area contributed by atoms with Crippen LogP contribution in [0.3, 0.4) is 0 Å². The smallest absolute Gasteiger partial charge is 0.275 e. The highest BCUT2D eigenvalue weighted by Crippen LogP contribution is 2.14. The third kappa shape index (κ3) is 5.33. The van der Waals surface area contributed by atoms with Gasteiger partial charge in [-0.3, -0.25) is 14.6 Å². The molecular formula is C19H18N6O2. The van der Waals surface area contributed by atoms with E-state index in [1.807, 2.05) is 12.1 Å². The van der Waals surface area contributed by atoms with Crippen LogP contribution in [0, 0.1) is 0 Å². The predicted molar refractivity (Wildman–Crippen MR) is 102 cm³/mol. The van der Waals surface area contributed by atoms with Gasteiger partial charge >= 0.3 is 0 Å². The Hall–Kier alpha value is -3.81. The lowest BCUT2D eigenvalue weighted by Crippen LogP contribution is -2.14. The van der Waals surface area contributed by atoms with E-state index in [-0.39, 0.29) is 17.5 Å². The number of benzene rings is 1. The number of carbonyl (C=O) groups excluding carboxylic acids is 2. The molecule has 3 aromatic rings. The summed E-state index contributed by atoms with van der Waals surface area (Å²) in [4.78, 5) is 35.6. The van der Waals surface area contributed by atoms with E-state index in [2.05, 4.69) is 30.9 Å². The van der Waals surface area contributed by atoms with Crippen LogP contribution < -0.4 is 16.0 Å². The third-order valence-corrected chi connectivity index (χ3v) is 3.54. The topological polar surface area (TPSA) is 109 Å². The van der Waals surface area contributed by atoms with Gasteiger partial charge in [-0.25, -0.2) is 9.97 Å². The van der Waals surface area contributed by atoms with Crippen LogP contribution in [0.1, 0.15) is 23.0 Å². The normalized spacial score (nSPS) is 10.1. The Bertz CT molecular complexity index is 911. The molecule has 0 saturated heterocycles. The van der Waals surface area contributed by atoms with Crippen molar-refractivity contribution in [3.63, 3.8) is 0 Å². The van der Waals surface area contributed by atoms with E-state index in [1.165, 1.54) is 19.3 Å². The molecule has 0 atom stereocenters. The largest absolute Gasteiger partial charge is 0.365 e. The van der Waals surface area contributed by atoms with Crippen molar-refractivity contribution >= 4 is 29.0 Å². The minimum atomic E-state index is -0.367. The SMILES string of the molecule is CC(=O)Nc1ccc(NC(=O)c2cnc(NCc3cccnc3)cn2)cc1. The highest BCUT2D eigenvalue weighted by molar-refractivity contribution is 6.02. The molecular weight excluding hydrogens is 344 g/mol. The first-order valence-corrected chi connectivity index (χ1v) is 8.24. The Morgan fingerprint density at radius 2 is 1.67 bits per heavy atom. The van der Waals surface area contributed by atoms with Gasteiger partial charge in [0.25, 0.3) is 5.91 Å². The van der Waals surface area contributed by atoms with Crippen molar-refractivity contribution in [2.45, 2.75) is 13.5 Å². The molecule has 8 heteroatoms. The fourth-order valence-corrected chi connectivity index (χ4v) is 2.27. The van der Waals surface area contributed by atoms with Crippen molar-refractivity contribution in [1.29, 1.82) is 0 Å². The summed E-state index contributed by atoms with van der Waals surface area (Å²) in [6.45, 7) is 2.00. The predicted octanol–water partition coefficient (Wildman–Crippen LogP) is 2.69. The van der Waals surface area contributed by atoms with Gasteiger partial charge in [-0.15, -0.1) is 0 Å². The lowest BCUT2D eigenvalue weighted by molar-refractivity contribution is -0.114. The van der Waals surface area contributed by atoms with Gasteiger partial charge in [-0.05, 0) is 35.9 Å². The maximum atomic E-state index is 12.3. The van der Waals surface area contributed by atoms with E-state index >= 15 is 0 Å². The Kier molecular flexibility index (Phi) is 5.68. The van der Waals surface area contributed by atoms with Crippen LogP contribution in [0.15, 0.2) is 61.2 Å². The van der Waals surface area contributed by atoms with E-state index in [1.54, 1.807) is 36.7 Å². The highest BCUT2D eigenvalue weighted by Gasteiger charge is 2.09. The molecule has 2 amide bonds. The number of pyridine rings is 1. The number of nitrogens with zero attached hydrogens (tertiary/aromatic N) is 3. The summed E-state index contributed by atoms with van der Waals surface area (Å²) < 4.78 is 0. The van der Waals surface area contributed by atoms with Gasteiger partial charge in [0, 0.05) is 37.2 Å². The molecule has 0 bridgehead atoms. The van der Waals surface area contributed by atoms with Crippen molar-refractivity contribution in [3.8, 4) is 0 Å². The fourth-order valence-electron chi connectivity index (χ4n) is 2.27. The summed E-state index contributed by atoms with van der Waals surface area (Å²) in [5.41, 5.74) is 2.47. The van der Waals surface area contributed by atoms with Crippen LogP contribution in [-0.4, -0.2) is 26.8 Å². The maximum Gasteiger partial charge on any atom is 0.275 e. The van der Waals surface area contributed by atoms with Gasteiger partial charge in [0.1, 0.15) is 11.5 Å². The van der Waals surface area contributed by atoms with Crippen molar-refractivity contribution < 1.29 is 9.59 Å². The minimum Gasteiger partial charge on any atom is -0.365 e. The minimum absolute atomic E-state index is 0.153. The fraction of sp³-hybridized carbons (Fsp3) is 0.105. The van der Waals surface area contributed by atoms with Crippen molar-refractivity contribution in [1.82, 2.24) is 15.0 Å². The second-order valence-corrected chi connectivity index (χ2v) is 5.71. The quantitative estimate of drug-likeness (QED) is 0.622. The average molecular weight is 362 g/mol. The van der Waals surface area contributed by atoms with Crippen molar-refractivity contribution in [2.24, 2.45) is 0 Å². The number of hydrogen-bond donors (Lipinski definition) is 3. The summed E-state index contributed by atoms with van der Waals surface area (Å²) in [5, 5.41) is 8.51. The molecule has 0 fully saturated rings. The molecule has 0 aliphatic rings. The number of hydrogen-bond acceptors (Lipinski definition) is 6. The lowest BCUT2D eigenvalue weighted by atomic mass is 10.2. The molecule has 0 spiro atoms. The van der Waals surface area contributed by atoms with E-state index in [4.69, 9.17) is 0 Å². The Balaban J connectivity index is 1.56. The zero-order valence-corrected chi connectivity index (χ0v) is 14.6. The van der Waals surface area contributed by atoms with Crippen molar-refractivity contribution in [3.05, 3.63) is 72.4 Å². The second-order valence-electron chi connectivity index (χ2n) is 5.71. The molecule has 0 radical (unpaired) electrons. The number of amides is 2. The van der Waals surface area contributed by atoms with E-state index in [0.717, 1.165) is 5.56 Å². The summed E-state index contributed by atoms with van der Waals surface area (Å²) in [7, 11) is 0. The Morgan fingerprint density at radius 1 is 0.926 bits per heavy atom. The first-order valence-electron chi connectivity index (χ1n) is 8.24. The first-order chi connectivity index (χ1) is 13.1. The molecule has 1 aromatic carbocycles. The Morgan fingerprint density at radius 3 is 2.26 bits per heavy atom. The van der Waals surface area contributed by atoms with Crippen LogP contribution in [0.25, 0.3) is 0 Å². The molecule has 0 aliphatic heterocycles. The van der Waals surface area contributed by atoms with Crippen molar-refractivity contribution in [2.75, 3.05) is 16.0 Å². The van der Waals surface area contributed by atoms with Crippen LogP contribution in [0.4, 0.5) is 17.2 Å². The number of nitrogens with one attached hydrogen (secondary N) is 3. The maximum absolute atomic E-state index is 12.3. The molecule has 0 aliphatic carbocycles. The summed E-state index contributed by atoms with van der Waals surface area (Å²) in [6, 6.07) is 10.6. The lowest BCUT2D eigenvalue weighted by Gasteiger charge is -2.08. The Labute approximate surface area is 156 Å². The second kappa shape index (κ2) is 8.52. The van der Waals surface area contributed by atoms with Crippen LogP contribution in [0.5, 0.6) is 0 Å². The molecule has 2 heterocycles. The molecule has 2 aromatic heterocycles. The highest BCUT2D eigenvalue weighted by atomic mass is 16.2. The number of carbonyl (C=O) groups is 2. The molecule has 0 unspecified atom stereocenters. The molecule has 136 valence electrons. The van der Waals surface area contributed by atoms with E-state index in [9.17, 15) is 9.59 Å². The monoisotopic (exact) mass is 362 g/mol. The number of aromatic nitrogens is 3. The molecule has 0 saturated carbocycles. The molecule has 3 rings (SSSR count). The number of rotatable bonds is 6. The molecule has 3 N–H and O–H groups in total. The van der Waals surface area contributed by atoms with Gasteiger partial charge < -0.3 is 16.0 Å². The summed E-state index contributed by atoms with van der Waals surface area (Å²) in [6.07, 6.45) is 6.39. The molecule has 27 heavy (non-hydrogen) atoms.